The maximum Gasteiger partial charge on any atom is 0.322 e. The van der Waals surface area contributed by atoms with E-state index in [1.165, 1.54) is 0 Å². The molecule has 0 saturated heterocycles. The molecule has 4 N–H and O–H groups in total. The molecule has 0 fully saturated rings. The Kier molecular flexibility index (Phi) is 4.37. The number of nitrogens with two attached hydrogens (primary N) is 1. The summed E-state index contributed by atoms with van der Waals surface area (Å²) in [4.78, 5) is 30.0. The minimum absolute atomic E-state index is 0.0355. The van der Waals surface area contributed by atoms with Crippen molar-refractivity contribution in [3.63, 3.8) is 0 Å². The summed E-state index contributed by atoms with van der Waals surface area (Å²) in [5.74, 6) is 0. The van der Waals surface area contributed by atoms with Gasteiger partial charge in [-0.05, 0) is 0 Å². The molecular formula is C4H8N4O3. The number of nitroso groups, excluding NO2 is 1. The normalized spacial score (nSPS) is 8.36. The van der Waals surface area contributed by atoms with Crippen molar-refractivity contribution in [3.05, 3.63) is 4.91 Å². The molecule has 0 aliphatic heterocycles. The zero-order chi connectivity index (χ0) is 8.69. The van der Waals surface area contributed by atoms with Crippen LogP contribution >= 0.6 is 0 Å². The first-order valence-electron chi connectivity index (χ1n) is 2.80. The minimum Gasteiger partial charge on any atom is -0.351 e. The summed E-state index contributed by atoms with van der Waals surface area (Å²) in [5, 5.41) is 6.40. The lowest BCUT2D eigenvalue weighted by Gasteiger charge is -2.00. The molecule has 0 saturated carbocycles. The van der Waals surface area contributed by atoms with Crippen LogP contribution in [0.3, 0.4) is 0 Å². The molecule has 0 aromatic rings. The van der Waals surface area contributed by atoms with E-state index in [2.05, 4.69) is 16.2 Å². The Morgan fingerprint density at radius 1 is 1.45 bits per heavy atom. The van der Waals surface area contributed by atoms with Crippen molar-refractivity contribution in [3.8, 4) is 0 Å². The number of carbonyl (C=O) groups is 2. The van der Waals surface area contributed by atoms with Crippen molar-refractivity contribution in [1.82, 2.24) is 10.6 Å². The van der Waals surface area contributed by atoms with Gasteiger partial charge < -0.3 is 11.1 Å². The van der Waals surface area contributed by atoms with Gasteiger partial charge in [-0.15, -0.1) is 0 Å². The van der Waals surface area contributed by atoms with E-state index in [0.29, 0.717) is 0 Å². The van der Waals surface area contributed by atoms with Crippen molar-refractivity contribution in [2.45, 2.75) is 0 Å². The van der Waals surface area contributed by atoms with Crippen LogP contribution in [0.4, 0.5) is 9.59 Å². The summed E-state index contributed by atoms with van der Waals surface area (Å²) in [7, 11) is 0. The number of urea groups is 2. The molecule has 0 bridgehead atoms. The van der Waals surface area contributed by atoms with E-state index in [1.807, 2.05) is 0 Å². The van der Waals surface area contributed by atoms with Gasteiger partial charge in [-0.25, -0.2) is 9.59 Å². The third-order valence-corrected chi connectivity index (χ3v) is 0.725. The lowest BCUT2D eigenvalue weighted by Crippen LogP contribution is -2.42. The number of imide groups is 1. The molecule has 62 valence electrons. The molecule has 0 aliphatic carbocycles. The number of amides is 4. The van der Waals surface area contributed by atoms with Crippen molar-refractivity contribution >= 4 is 12.1 Å². The van der Waals surface area contributed by atoms with E-state index in [4.69, 9.17) is 0 Å². The molecule has 0 rings (SSSR count). The fraction of sp³-hybridized carbons (Fsp3) is 0.500. The van der Waals surface area contributed by atoms with Gasteiger partial charge in [0.05, 0.1) is 6.54 Å². The summed E-state index contributed by atoms with van der Waals surface area (Å²) >= 11 is 0. The molecule has 0 aromatic carbocycles. The van der Waals surface area contributed by atoms with Gasteiger partial charge in [0.15, 0.2) is 0 Å². The van der Waals surface area contributed by atoms with Crippen LogP contribution in [0.25, 0.3) is 0 Å². The molecular weight excluding hydrogens is 152 g/mol. The Morgan fingerprint density at radius 3 is 2.55 bits per heavy atom. The lowest BCUT2D eigenvalue weighted by molar-refractivity contribution is 0.231. The number of nitrogens with zero attached hydrogens (tertiary/aromatic N) is 1. The van der Waals surface area contributed by atoms with Crippen LogP contribution < -0.4 is 16.4 Å². The van der Waals surface area contributed by atoms with Crippen LogP contribution in [0, 0.1) is 4.91 Å². The number of carbonyl (C=O) groups excluding carboxylic acids is 2. The van der Waals surface area contributed by atoms with E-state index in [1.54, 1.807) is 5.32 Å². The second kappa shape index (κ2) is 5.15. The smallest absolute Gasteiger partial charge is 0.322 e. The number of hydrogen-bond acceptors (Lipinski definition) is 4. The van der Waals surface area contributed by atoms with Gasteiger partial charge in [-0.2, -0.15) is 4.91 Å². The standard InChI is InChI=1S/C4H8N4O3/c5-3(9)8-4(10)6-1-2-7-11/h1-2H2,(H4,5,6,8,9,10). The average molecular weight is 160 g/mol. The zero-order valence-electron chi connectivity index (χ0n) is 5.66. The number of hydrogen-bond donors (Lipinski definition) is 3. The molecule has 4 amide bonds. The molecule has 0 aromatic heterocycles. The highest BCUT2D eigenvalue weighted by atomic mass is 16.3. The molecule has 0 unspecified atom stereocenters. The van der Waals surface area contributed by atoms with Gasteiger partial charge in [0.1, 0.15) is 0 Å². The second-order valence-electron chi connectivity index (χ2n) is 1.60. The predicted octanol–water partition coefficient (Wildman–Crippen LogP) is -0.869. The van der Waals surface area contributed by atoms with E-state index < -0.39 is 12.1 Å². The first-order valence-corrected chi connectivity index (χ1v) is 2.80. The van der Waals surface area contributed by atoms with Crippen LogP contribution in [0.5, 0.6) is 0 Å². The molecule has 0 heterocycles. The minimum atomic E-state index is -0.943. The maximum atomic E-state index is 10.5. The first kappa shape index (κ1) is 9.34. The van der Waals surface area contributed by atoms with Gasteiger partial charge in [0, 0.05) is 6.54 Å². The van der Waals surface area contributed by atoms with Crippen LogP contribution in [0.2, 0.25) is 0 Å². The van der Waals surface area contributed by atoms with Crippen molar-refractivity contribution < 1.29 is 9.59 Å². The van der Waals surface area contributed by atoms with E-state index in [9.17, 15) is 14.5 Å². The molecule has 7 nitrogen and oxygen atoms in total. The Labute approximate surface area is 62.3 Å². The molecule has 0 spiro atoms. The monoisotopic (exact) mass is 160 g/mol. The number of primary amides is 1. The summed E-state index contributed by atoms with van der Waals surface area (Å²) in [6, 6.07) is -1.68. The van der Waals surface area contributed by atoms with Gasteiger partial charge in [0.2, 0.25) is 0 Å². The summed E-state index contributed by atoms with van der Waals surface area (Å²) in [5.41, 5.74) is 4.60. The summed E-state index contributed by atoms with van der Waals surface area (Å²) in [6.45, 7) is 0.0504. The number of rotatable bonds is 3. The molecule has 0 radical (unpaired) electrons. The van der Waals surface area contributed by atoms with Crippen LogP contribution in [0.15, 0.2) is 5.18 Å². The highest BCUT2D eigenvalue weighted by Gasteiger charge is 2.00. The van der Waals surface area contributed by atoms with Crippen molar-refractivity contribution in [1.29, 1.82) is 0 Å². The first-order chi connectivity index (χ1) is 5.16. The molecule has 11 heavy (non-hydrogen) atoms. The fourth-order valence-corrected chi connectivity index (χ4v) is 0.371. The van der Waals surface area contributed by atoms with E-state index >= 15 is 0 Å². The van der Waals surface area contributed by atoms with E-state index in [-0.39, 0.29) is 13.1 Å². The Morgan fingerprint density at radius 2 is 2.09 bits per heavy atom. The number of nitrogens with one attached hydrogen (secondary N) is 2. The fourth-order valence-electron chi connectivity index (χ4n) is 0.371. The third-order valence-electron chi connectivity index (χ3n) is 0.725. The van der Waals surface area contributed by atoms with Gasteiger partial charge in [-0.1, -0.05) is 5.18 Å². The Bertz CT molecular complexity index is 169. The SMILES string of the molecule is NC(=O)NC(=O)NCCN=O. The van der Waals surface area contributed by atoms with Crippen molar-refractivity contribution in [2.75, 3.05) is 13.1 Å². The zero-order valence-corrected chi connectivity index (χ0v) is 5.66. The topological polar surface area (TPSA) is 114 Å². The van der Waals surface area contributed by atoms with Crippen LogP contribution in [-0.2, 0) is 0 Å². The van der Waals surface area contributed by atoms with E-state index in [0.717, 1.165) is 0 Å². The Balaban J connectivity index is 3.37. The molecule has 0 aliphatic rings. The van der Waals surface area contributed by atoms with Gasteiger partial charge >= 0.3 is 12.1 Å². The second-order valence-corrected chi connectivity index (χ2v) is 1.60. The van der Waals surface area contributed by atoms with Crippen molar-refractivity contribution in [2.24, 2.45) is 10.9 Å². The molecule has 0 atom stereocenters. The predicted molar refractivity (Wildman–Crippen MR) is 36.8 cm³/mol. The quantitative estimate of drug-likeness (QED) is 0.368. The molecule has 7 heteroatoms. The maximum absolute atomic E-state index is 10.5. The summed E-state index contributed by atoms with van der Waals surface area (Å²) in [6.07, 6.45) is 0. The third kappa shape index (κ3) is 6.22. The highest BCUT2D eigenvalue weighted by Crippen LogP contribution is 1.66. The van der Waals surface area contributed by atoms with Gasteiger partial charge in [0.25, 0.3) is 0 Å². The van der Waals surface area contributed by atoms with Gasteiger partial charge in [-0.3, -0.25) is 5.32 Å². The summed E-state index contributed by atoms with van der Waals surface area (Å²) < 4.78 is 0. The lowest BCUT2D eigenvalue weighted by atomic mass is 10.6. The highest BCUT2D eigenvalue weighted by molar-refractivity contribution is 5.92. The Hall–Kier alpha value is -1.66. The van der Waals surface area contributed by atoms with Crippen LogP contribution in [-0.4, -0.2) is 25.2 Å². The average Bonchev–Trinajstić information content (AvgIpc) is 1.86. The van der Waals surface area contributed by atoms with Crippen LogP contribution in [0.1, 0.15) is 0 Å². The largest absolute Gasteiger partial charge is 0.351 e.